The van der Waals surface area contributed by atoms with Gasteiger partial charge < -0.3 is 4.57 Å². The van der Waals surface area contributed by atoms with Crippen LogP contribution in [-0.2, 0) is 7.05 Å². The van der Waals surface area contributed by atoms with Gasteiger partial charge in [0.1, 0.15) is 0 Å². The van der Waals surface area contributed by atoms with Crippen molar-refractivity contribution in [3.05, 3.63) is 68.9 Å². The number of benzene rings is 2. The van der Waals surface area contributed by atoms with Gasteiger partial charge in [-0.25, -0.2) is 0 Å². The first-order valence-corrected chi connectivity index (χ1v) is 8.20. The minimum atomic E-state index is 0.764. The Balaban J connectivity index is 2.23. The Morgan fingerprint density at radius 2 is 1.67 bits per heavy atom. The van der Waals surface area contributed by atoms with Crippen molar-refractivity contribution >= 4 is 34.2 Å². The van der Waals surface area contributed by atoms with E-state index in [2.05, 4.69) is 83.6 Å². The van der Waals surface area contributed by atoms with Gasteiger partial charge in [0.25, 0.3) is 0 Å². The Bertz CT molecular complexity index is 787. The molecule has 3 heteroatoms. The molecule has 21 heavy (non-hydrogen) atoms. The van der Waals surface area contributed by atoms with Gasteiger partial charge in [-0.05, 0) is 71.0 Å². The fraction of sp³-hybridized carbons (Fsp3) is 0.111. The molecule has 106 valence electrons. The highest BCUT2D eigenvalue weighted by Gasteiger charge is 2.14. The number of nitrogens with zero attached hydrogens (tertiary/aromatic N) is 1. The molecule has 0 atom stereocenters. The van der Waals surface area contributed by atoms with E-state index in [-0.39, 0.29) is 0 Å². The van der Waals surface area contributed by atoms with Gasteiger partial charge in [-0.2, -0.15) is 0 Å². The zero-order chi connectivity index (χ0) is 15.0. The van der Waals surface area contributed by atoms with Crippen molar-refractivity contribution in [2.45, 2.75) is 6.92 Å². The number of hydrogen-bond acceptors (Lipinski definition) is 0. The van der Waals surface area contributed by atoms with Crippen LogP contribution >= 0.6 is 34.2 Å². The van der Waals surface area contributed by atoms with Crippen molar-refractivity contribution in [1.29, 1.82) is 0 Å². The van der Waals surface area contributed by atoms with Crippen LogP contribution in [0.25, 0.3) is 22.4 Å². The molecular weight excluding hydrogens is 393 g/mol. The molecule has 0 unspecified atom stereocenters. The van der Waals surface area contributed by atoms with Gasteiger partial charge in [0.05, 0.1) is 5.69 Å². The van der Waals surface area contributed by atoms with Crippen LogP contribution in [0, 0.1) is 10.5 Å². The van der Waals surface area contributed by atoms with Crippen LogP contribution in [-0.4, -0.2) is 4.57 Å². The third-order valence-electron chi connectivity index (χ3n) is 3.73. The normalized spacial score (nSPS) is 10.9. The van der Waals surface area contributed by atoms with E-state index in [4.69, 9.17) is 11.6 Å². The second-order valence-corrected chi connectivity index (χ2v) is 6.81. The molecule has 0 saturated carbocycles. The molecule has 0 bridgehead atoms. The highest BCUT2D eigenvalue weighted by molar-refractivity contribution is 14.1. The Morgan fingerprint density at radius 1 is 0.952 bits per heavy atom. The minimum absolute atomic E-state index is 0.764. The lowest BCUT2D eigenvalue weighted by atomic mass is 10.0. The van der Waals surface area contributed by atoms with E-state index in [0.717, 1.165) is 5.02 Å². The maximum absolute atomic E-state index is 6.01. The molecule has 1 nitrogen and oxygen atoms in total. The first kappa shape index (κ1) is 14.7. The van der Waals surface area contributed by atoms with Crippen molar-refractivity contribution in [2.75, 3.05) is 0 Å². The summed E-state index contributed by atoms with van der Waals surface area (Å²) < 4.78 is 3.48. The average molecular weight is 408 g/mol. The highest BCUT2D eigenvalue weighted by Crippen LogP contribution is 2.35. The van der Waals surface area contributed by atoms with Gasteiger partial charge in [0.2, 0.25) is 0 Å². The molecule has 0 saturated heterocycles. The smallest absolute Gasteiger partial charge is 0.0559 e. The summed E-state index contributed by atoms with van der Waals surface area (Å²) >= 11 is 8.37. The lowest BCUT2D eigenvalue weighted by molar-refractivity contribution is 0.891. The predicted octanol–water partition coefficient (Wildman–Crippen LogP) is 5.93. The van der Waals surface area contributed by atoms with Crippen LogP contribution in [0.2, 0.25) is 5.02 Å². The lowest BCUT2D eigenvalue weighted by Gasteiger charge is -2.09. The fourth-order valence-electron chi connectivity index (χ4n) is 2.56. The Labute approximate surface area is 143 Å². The van der Waals surface area contributed by atoms with Crippen molar-refractivity contribution < 1.29 is 0 Å². The monoisotopic (exact) mass is 407 g/mol. The number of aromatic nitrogens is 1. The van der Waals surface area contributed by atoms with Crippen LogP contribution in [0.15, 0.2) is 54.6 Å². The molecular formula is C18H15ClIN. The first-order valence-electron chi connectivity index (χ1n) is 6.74. The van der Waals surface area contributed by atoms with E-state index in [0.29, 0.717) is 0 Å². The van der Waals surface area contributed by atoms with Crippen LogP contribution in [0.4, 0.5) is 0 Å². The van der Waals surface area contributed by atoms with Crippen molar-refractivity contribution in [3.63, 3.8) is 0 Å². The molecule has 1 aromatic heterocycles. The molecule has 0 N–H and O–H groups in total. The zero-order valence-electron chi connectivity index (χ0n) is 11.9. The SMILES string of the molecule is Cc1cc(-c2cccc(I)c2)c(-c2ccc(Cl)cc2)n1C. The Kier molecular flexibility index (Phi) is 4.09. The Morgan fingerprint density at radius 3 is 2.33 bits per heavy atom. The van der Waals surface area contributed by atoms with Gasteiger partial charge in [0.15, 0.2) is 0 Å². The summed E-state index contributed by atoms with van der Waals surface area (Å²) in [5, 5.41) is 0.764. The highest BCUT2D eigenvalue weighted by atomic mass is 127. The van der Waals surface area contributed by atoms with Gasteiger partial charge in [-0.3, -0.25) is 0 Å². The molecule has 3 aromatic rings. The van der Waals surface area contributed by atoms with Gasteiger partial charge >= 0.3 is 0 Å². The quantitative estimate of drug-likeness (QED) is 0.464. The summed E-state index contributed by atoms with van der Waals surface area (Å²) in [6.45, 7) is 2.14. The largest absolute Gasteiger partial charge is 0.347 e. The summed E-state index contributed by atoms with van der Waals surface area (Å²) in [6.07, 6.45) is 0. The van der Waals surface area contributed by atoms with Gasteiger partial charge in [-0.1, -0.05) is 35.9 Å². The molecule has 2 aromatic carbocycles. The van der Waals surface area contributed by atoms with Crippen molar-refractivity contribution in [3.8, 4) is 22.4 Å². The molecule has 0 fully saturated rings. The molecule has 0 aliphatic carbocycles. The van der Waals surface area contributed by atoms with Crippen LogP contribution < -0.4 is 0 Å². The summed E-state index contributed by atoms with van der Waals surface area (Å²) in [4.78, 5) is 0. The molecule has 0 aliphatic rings. The van der Waals surface area contributed by atoms with E-state index < -0.39 is 0 Å². The van der Waals surface area contributed by atoms with Gasteiger partial charge in [-0.15, -0.1) is 0 Å². The maximum Gasteiger partial charge on any atom is 0.0559 e. The topological polar surface area (TPSA) is 4.93 Å². The van der Waals surface area contributed by atoms with E-state index in [1.165, 1.54) is 31.6 Å². The third-order valence-corrected chi connectivity index (χ3v) is 4.65. The number of rotatable bonds is 2. The Hall–Kier alpha value is -1.26. The minimum Gasteiger partial charge on any atom is -0.347 e. The second kappa shape index (κ2) is 5.85. The number of aryl methyl sites for hydroxylation is 1. The summed E-state index contributed by atoms with van der Waals surface area (Å²) in [5.74, 6) is 0. The maximum atomic E-state index is 6.01. The third kappa shape index (κ3) is 2.87. The lowest BCUT2D eigenvalue weighted by Crippen LogP contribution is -1.94. The van der Waals surface area contributed by atoms with Crippen LogP contribution in [0.1, 0.15) is 5.69 Å². The number of hydrogen-bond donors (Lipinski definition) is 0. The van der Waals surface area contributed by atoms with Crippen LogP contribution in [0.5, 0.6) is 0 Å². The summed E-state index contributed by atoms with van der Waals surface area (Å²) in [7, 11) is 2.11. The summed E-state index contributed by atoms with van der Waals surface area (Å²) in [6, 6.07) is 18.9. The molecule has 3 rings (SSSR count). The van der Waals surface area contributed by atoms with Crippen molar-refractivity contribution in [1.82, 2.24) is 4.57 Å². The molecule has 0 amide bonds. The fourth-order valence-corrected chi connectivity index (χ4v) is 3.23. The molecule has 0 radical (unpaired) electrons. The van der Waals surface area contributed by atoms with Gasteiger partial charge in [0, 0.05) is 26.9 Å². The first-order chi connectivity index (χ1) is 10.1. The molecule has 0 aliphatic heterocycles. The van der Waals surface area contributed by atoms with Crippen LogP contribution in [0.3, 0.4) is 0 Å². The zero-order valence-corrected chi connectivity index (χ0v) is 14.8. The van der Waals surface area contributed by atoms with Crippen molar-refractivity contribution in [2.24, 2.45) is 7.05 Å². The second-order valence-electron chi connectivity index (χ2n) is 5.12. The standard InChI is InChI=1S/C18H15ClIN/c1-12-10-17(14-4-3-5-16(20)11-14)18(21(12)2)13-6-8-15(19)9-7-13/h3-11H,1-2H3. The summed E-state index contributed by atoms with van der Waals surface area (Å²) in [5.41, 5.74) is 6.16. The van der Waals surface area contributed by atoms with E-state index in [9.17, 15) is 0 Å². The molecule has 0 spiro atoms. The van der Waals surface area contributed by atoms with E-state index in [1.54, 1.807) is 0 Å². The number of halogens is 2. The van der Waals surface area contributed by atoms with E-state index >= 15 is 0 Å². The van der Waals surface area contributed by atoms with E-state index in [1.807, 2.05) is 12.1 Å². The predicted molar refractivity (Wildman–Crippen MR) is 98.7 cm³/mol. The molecule has 1 heterocycles. The average Bonchev–Trinajstić information content (AvgIpc) is 2.76.